The molecule has 1 fully saturated rings. The Morgan fingerprint density at radius 2 is 2.33 bits per heavy atom. The Morgan fingerprint density at radius 3 is 2.67 bits per heavy atom. The summed E-state index contributed by atoms with van der Waals surface area (Å²) in [6.45, 7) is 2.41. The van der Waals surface area contributed by atoms with Crippen molar-refractivity contribution in [2.75, 3.05) is 6.61 Å². The monoisotopic (exact) mass is 173 g/mol. The lowest BCUT2D eigenvalue weighted by atomic mass is 9.93. The van der Waals surface area contributed by atoms with Crippen LogP contribution < -0.4 is 5.73 Å². The van der Waals surface area contributed by atoms with Crippen molar-refractivity contribution in [3.05, 3.63) is 0 Å². The highest BCUT2D eigenvalue weighted by Gasteiger charge is 2.27. The third-order valence-electron chi connectivity index (χ3n) is 2.33. The summed E-state index contributed by atoms with van der Waals surface area (Å²) in [5.74, 6) is -0.543. The lowest BCUT2D eigenvalue weighted by Gasteiger charge is -2.28. The van der Waals surface area contributed by atoms with Crippen LogP contribution >= 0.6 is 0 Å². The third kappa shape index (κ3) is 2.19. The summed E-state index contributed by atoms with van der Waals surface area (Å²) >= 11 is 0. The fourth-order valence-electron chi connectivity index (χ4n) is 1.38. The summed E-state index contributed by atoms with van der Waals surface area (Å²) in [4.78, 5) is 10.5. The zero-order valence-corrected chi connectivity index (χ0v) is 7.19. The largest absolute Gasteiger partial charge is 0.479 e. The molecule has 12 heavy (non-hydrogen) atoms. The van der Waals surface area contributed by atoms with E-state index in [0.717, 1.165) is 6.42 Å². The van der Waals surface area contributed by atoms with E-state index in [9.17, 15) is 4.79 Å². The molecule has 1 saturated heterocycles. The quantitative estimate of drug-likeness (QED) is 0.626. The van der Waals surface area contributed by atoms with Gasteiger partial charge in [-0.3, -0.25) is 0 Å². The summed E-state index contributed by atoms with van der Waals surface area (Å²) in [6, 6.07) is 0.0970. The van der Waals surface area contributed by atoms with Crippen molar-refractivity contribution >= 4 is 5.97 Å². The van der Waals surface area contributed by atoms with Gasteiger partial charge in [0, 0.05) is 6.04 Å². The number of hydrogen-bond acceptors (Lipinski definition) is 3. The first-order chi connectivity index (χ1) is 5.61. The van der Waals surface area contributed by atoms with Gasteiger partial charge in [0.25, 0.3) is 0 Å². The van der Waals surface area contributed by atoms with Gasteiger partial charge in [0.1, 0.15) is 0 Å². The van der Waals surface area contributed by atoms with Crippen LogP contribution in [0.25, 0.3) is 0 Å². The van der Waals surface area contributed by atoms with Crippen molar-refractivity contribution in [2.45, 2.75) is 31.9 Å². The first-order valence-electron chi connectivity index (χ1n) is 4.21. The van der Waals surface area contributed by atoms with Crippen LogP contribution in [0.2, 0.25) is 0 Å². The van der Waals surface area contributed by atoms with Gasteiger partial charge in [-0.15, -0.1) is 0 Å². The highest BCUT2D eigenvalue weighted by atomic mass is 16.5. The van der Waals surface area contributed by atoms with Crippen molar-refractivity contribution in [1.29, 1.82) is 0 Å². The van der Waals surface area contributed by atoms with Crippen molar-refractivity contribution in [1.82, 2.24) is 0 Å². The fraction of sp³-hybridized carbons (Fsp3) is 0.875. The normalized spacial score (nSPS) is 32.8. The average molecular weight is 173 g/mol. The number of aliphatic carboxylic acids is 1. The van der Waals surface area contributed by atoms with E-state index in [1.165, 1.54) is 0 Å². The van der Waals surface area contributed by atoms with Crippen LogP contribution in [-0.4, -0.2) is 29.8 Å². The number of carboxylic acid groups (broad SMARTS) is 1. The first-order valence-corrected chi connectivity index (χ1v) is 4.21. The maximum Gasteiger partial charge on any atom is 0.332 e. The van der Waals surface area contributed by atoms with Crippen LogP contribution in [0.1, 0.15) is 19.8 Å². The molecule has 1 heterocycles. The van der Waals surface area contributed by atoms with Crippen LogP contribution in [-0.2, 0) is 9.53 Å². The molecular weight excluding hydrogens is 158 g/mol. The predicted molar refractivity (Wildman–Crippen MR) is 43.7 cm³/mol. The third-order valence-corrected chi connectivity index (χ3v) is 2.33. The molecule has 0 bridgehead atoms. The number of rotatable bonds is 2. The molecule has 0 aromatic carbocycles. The van der Waals surface area contributed by atoms with Gasteiger partial charge in [0.15, 0.2) is 6.10 Å². The van der Waals surface area contributed by atoms with Gasteiger partial charge in [-0.05, 0) is 25.7 Å². The van der Waals surface area contributed by atoms with Gasteiger partial charge < -0.3 is 15.6 Å². The lowest BCUT2D eigenvalue weighted by Crippen LogP contribution is -2.39. The van der Waals surface area contributed by atoms with E-state index < -0.39 is 12.1 Å². The Kier molecular flexibility index (Phi) is 3.05. The molecule has 1 unspecified atom stereocenters. The number of ether oxygens (including phenoxy) is 1. The molecule has 3 atom stereocenters. The van der Waals surface area contributed by atoms with Gasteiger partial charge in [0.2, 0.25) is 0 Å². The second-order valence-electron chi connectivity index (χ2n) is 3.36. The highest BCUT2D eigenvalue weighted by molar-refractivity contribution is 5.72. The van der Waals surface area contributed by atoms with E-state index in [0.29, 0.717) is 18.9 Å². The fourth-order valence-corrected chi connectivity index (χ4v) is 1.38. The molecule has 1 aliphatic heterocycles. The zero-order valence-electron chi connectivity index (χ0n) is 7.19. The summed E-state index contributed by atoms with van der Waals surface area (Å²) in [5.41, 5.74) is 5.66. The average Bonchev–Trinajstić information content (AvgIpc) is 2.04. The summed E-state index contributed by atoms with van der Waals surface area (Å²) < 4.78 is 5.13. The zero-order chi connectivity index (χ0) is 9.14. The van der Waals surface area contributed by atoms with Crippen molar-refractivity contribution < 1.29 is 14.6 Å². The van der Waals surface area contributed by atoms with Crippen LogP contribution in [0, 0.1) is 5.92 Å². The summed E-state index contributed by atoms with van der Waals surface area (Å²) in [7, 11) is 0. The Morgan fingerprint density at radius 1 is 1.67 bits per heavy atom. The molecule has 1 aliphatic rings. The first kappa shape index (κ1) is 9.48. The molecule has 0 amide bonds. The molecule has 4 nitrogen and oxygen atoms in total. The van der Waals surface area contributed by atoms with Crippen LogP contribution in [0.15, 0.2) is 0 Å². The molecule has 0 aromatic rings. The minimum Gasteiger partial charge on any atom is -0.479 e. The minimum atomic E-state index is -0.863. The SMILES string of the molecule is CC(N)[C@H]1CC[C@H](C(=O)O)OC1. The maximum atomic E-state index is 10.5. The van der Waals surface area contributed by atoms with Gasteiger partial charge in [0.05, 0.1) is 6.61 Å². The molecule has 0 aromatic heterocycles. The van der Waals surface area contributed by atoms with E-state index in [1.54, 1.807) is 0 Å². The maximum absolute atomic E-state index is 10.5. The molecule has 1 rings (SSSR count). The number of nitrogens with two attached hydrogens (primary N) is 1. The molecular formula is C8H15NO3. The molecule has 4 heteroatoms. The molecule has 70 valence electrons. The van der Waals surface area contributed by atoms with Crippen LogP contribution in [0.5, 0.6) is 0 Å². The van der Waals surface area contributed by atoms with E-state index in [2.05, 4.69) is 0 Å². The van der Waals surface area contributed by atoms with Crippen molar-refractivity contribution in [3.63, 3.8) is 0 Å². The second-order valence-corrected chi connectivity index (χ2v) is 3.36. The van der Waals surface area contributed by atoms with Gasteiger partial charge in [-0.1, -0.05) is 0 Å². The summed E-state index contributed by atoms with van der Waals surface area (Å²) in [5, 5.41) is 8.61. The van der Waals surface area contributed by atoms with E-state index in [4.69, 9.17) is 15.6 Å². The Bertz CT molecular complexity index is 162. The smallest absolute Gasteiger partial charge is 0.332 e. The highest BCUT2D eigenvalue weighted by Crippen LogP contribution is 2.20. The summed E-state index contributed by atoms with van der Waals surface area (Å²) in [6.07, 6.45) is 0.830. The van der Waals surface area contributed by atoms with E-state index in [1.807, 2.05) is 6.92 Å². The Hall–Kier alpha value is -0.610. The number of carboxylic acids is 1. The van der Waals surface area contributed by atoms with Gasteiger partial charge in [-0.25, -0.2) is 4.79 Å². The molecule has 0 spiro atoms. The van der Waals surface area contributed by atoms with E-state index >= 15 is 0 Å². The van der Waals surface area contributed by atoms with Gasteiger partial charge >= 0.3 is 5.97 Å². The molecule has 3 N–H and O–H groups in total. The minimum absolute atomic E-state index is 0.0970. The van der Waals surface area contributed by atoms with Crippen LogP contribution in [0.3, 0.4) is 0 Å². The number of hydrogen-bond donors (Lipinski definition) is 2. The Labute approximate surface area is 71.7 Å². The van der Waals surface area contributed by atoms with Gasteiger partial charge in [-0.2, -0.15) is 0 Å². The van der Waals surface area contributed by atoms with E-state index in [-0.39, 0.29) is 6.04 Å². The Balaban J connectivity index is 2.34. The molecule has 0 saturated carbocycles. The van der Waals surface area contributed by atoms with Crippen LogP contribution in [0.4, 0.5) is 0 Å². The van der Waals surface area contributed by atoms with Crippen molar-refractivity contribution in [2.24, 2.45) is 11.7 Å². The lowest BCUT2D eigenvalue weighted by molar-refractivity contribution is -0.155. The topological polar surface area (TPSA) is 72.6 Å². The standard InChI is InChI=1S/C8H15NO3/c1-5(9)6-2-3-7(8(10)11)12-4-6/h5-7H,2-4,9H2,1H3,(H,10,11)/t5?,6-,7+/m0/s1. The van der Waals surface area contributed by atoms with Crippen molar-refractivity contribution in [3.8, 4) is 0 Å². The molecule has 0 radical (unpaired) electrons. The second kappa shape index (κ2) is 3.87. The molecule has 0 aliphatic carbocycles. The number of carbonyl (C=O) groups is 1. The predicted octanol–water partition coefficient (Wildman–Crippen LogP) is 0.213.